The molecule has 124 valence electrons. The van der Waals surface area contributed by atoms with E-state index in [1.807, 2.05) is 47.5 Å². The summed E-state index contributed by atoms with van der Waals surface area (Å²) in [6.07, 6.45) is 3.67. The van der Waals surface area contributed by atoms with Crippen molar-refractivity contribution in [3.63, 3.8) is 0 Å². The molecule has 1 aliphatic heterocycles. The van der Waals surface area contributed by atoms with E-state index in [1.165, 1.54) is 0 Å². The maximum Gasteiger partial charge on any atom is 0.274 e. The molecule has 0 bridgehead atoms. The Balaban J connectivity index is 1.71. The third kappa shape index (κ3) is 2.37. The van der Waals surface area contributed by atoms with Gasteiger partial charge in [0.1, 0.15) is 11.3 Å². The Morgan fingerprint density at radius 3 is 3.00 bits per heavy atom. The van der Waals surface area contributed by atoms with Crippen LogP contribution < -0.4 is 0 Å². The third-order valence-corrected chi connectivity index (χ3v) is 4.49. The maximum atomic E-state index is 13.1. The normalized spacial score (nSPS) is 18.2. The van der Waals surface area contributed by atoms with Crippen molar-refractivity contribution < 1.29 is 9.53 Å². The number of aryl methyl sites for hydroxylation is 2. The fraction of sp³-hybridized carbons (Fsp3) is 0.353. The highest BCUT2D eigenvalue weighted by atomic mass is 16.5. The summed E-state index contributed by atoms with van der Waals surface area (Å²) in [7, 11) is 0. The van der Waals surface area contributed by atoms with Gasteiger partial charge in [0.2, 0.25) is 0 Å². The molecule has 0 saturated carbocycles. The zero-order valence-corrected chi connectivity index (χ0v) is 13.7. The Morgan fingerprint density at radius 2 is 2.25 bits per heavy atom. The highest BCUT2D eigenvalue weighted by Gasteiger charge is 2.33. The number of hydrogen-bond donors (Lipinski definition) is 1. The summed E-state index contributed by atoms with van der Waals surface area (Å²) in [4.78, 5) is 19.4. The number of morpholine rings is 1. The summed E-state index contributed by atoms with van der Waals surface area (Å²) < 4.78 is 7.49. The van der Waals surface area contributed by atoms with Gasteiger partial charge in [0, 0.05) is 30.2 Å². The van der Waals surface area contributed by atoms with Gasteiger partial charge in [0.05, 0.1) is 24.9 Å². The van der Waals surface area contributed by atoms with Gasteiger partial charge in [-0.05, 0) is 26.0 Å². The van der Waals surface area contributed by atoms with Gasteiger partial charge >= 0.3 is 0 Å². The summed E-state index contributed by atoms with van der Waals surface area (Å²) in [5.41, 5.74) is 4.12. The van der Waals surface area contributed by atoms with Crippen molar-refractivity contribution in [2.45, 2.75) is 19.9 Å². The number of imidazole rings is 1. The van der Waals surface area contributed by atoms with Crippen LogP contribution in [0.5, 0.6) is 0 Å². The zero-order chi connectivity index (χ0) is 16.7. The summed E-state index contributed by atoms with van der Waals surface area (Å²) in [6.45, 7) is 5.46. The van der Waals surface area contributed by atoms with Crippen molar-refractivity contribution in [1.82, 2.24) is 24.5 Å². The quantitative estimate of drug-likeness (QED) is 0.781. The predicted octanol–water partition coefficient (Wildman–Crippen LogP) is 1.89. The predicted molar refractivity (Wildman–Crippen MR) is 87.9 cm³/mol. The van der Waals surface area contributed by atoms with Crippen LogP contribution in [0, 0.1) is 13.8 Å². The van der Waals surface area contributed by atoms with E-state index < -0.39 is 0 Å². The molecule has 1 N–H and O–H groups in total. The highest BCUT2D eigenvalue weighted by molar-refractivity contribution is 5.93. The zero-order valence-electron chi connectivity index (χ0n) is 13.7. The van der Waals surface area contributed by atoms with E-state index in [9.17, 15) is 4.79 Å². The van der Waals surface area contributed by atoms with Gasteiger partial charge in [-0.1, -0.05) is 6.07 Å². The van der Waals surface area contributed by atoms with Gasteiger partial charge in [-0.3, -0.25) is 9.89 Å². The van der Waals surface area contributed by atoms with Crippen molar-refractivity contribution in [1.29, 1.82) is 0 Å². The fourth-order valence-corrected chi connectivity index (χ4v) is 3.32. The van der Waals surface area contributed by atoms with Gasteiger partial charge in [0.15, 0.2) is 0 Å². The van der Waals surface area contributed by atoms with Gasteiger partial charge in [-0.2, -0.15) is 5.10 Å². The molecule has 1 unspecified atom stereocenters. The Kier molecular flexibility index (Phi) is 3.57. The number of nitrogens with one attached hydrogen (secondary N) is 1. The molecule has 7 heteroatoms. The molecule has 1 saturated heterocycles. The molecular weight excluding hydrogens is 306 g/mol. The van der Waals surface area contributed by atoms with E-state index in [-0.39, 0.29) is 11.9 Å². The molecule has 1 atom stereocenters. The average molecular weight is 325 g/mol. The van der Waals surface area contributed by atoms with Crippen molar-refractivity contribution >= 4 is 11.6 Å². The third-order valence-electron chi connectivity index (χ3n) is 4.49. The van der Waals surface area contributed by atoms with Crippen molar-refractivity contribution in [2.24, 2.45) is 0 Å². The number of amides is 1. The average Bonchev–Trinajstić information content (AvgIpc) is 3.17. The lowest BCUT2D eigenvalue weighted by atomic mass is 10.0. The van der Waals surface area contributed by atoms with Crippen LogP contribution in [0.25, 0.3) is 5.65 Å². The number of H-pyrrole nitrogens is 1. The van der Waals surface area contributed by atoms with E-state index in [0.29, 0.717) is 25.5 Å². The molecule has 0 spiro atoms. The lowest BCUT2D eigenvalue weighted by Gasteiger charge is -2.35. The van der Waals surface area contributed by atoms with Crippen LogP contribution in [0.4, 0.5) is 0 Å². The number of carbonyl (C=O) groups excluding carboxylic acids is 1. The van der Waals surface area contributed by atoms with Gasteiger partial charge in [-0.25, -0.2) is 4.98 Å². The maximum absolute atomic E-state index is 13.1. The number of aromatic amines is 1. The molecule has 1 aliphatic rings. The van der Waals surface area contributed by atoms with Crippen LogP contribution in [0.2, 0.25) is 0 Å². The van der Waals surface area contributed by atoms with Crippen LogP contribution >= 0.6 is 0 Å². The SMILES string of the molecule is Cc1n[nH]c(C)c1C1COCCN1C(=O)c1cn2ccccc2n1. The van der Waals surface area contributed by atoms with E-state index in [0.717, 1.165) is 22.6 Å². The van der Waals surface area contributed by atoms with Crippen molar-refractivity contribution in [3.8, 4) is 0 Å². The number of ether oxygens (including phenoxy) is 1. The van der Waals surface area contributed by atoms with E-state index in [1.54, 1.807) is 6.20 Å². The van der Waals surface area contributed by atoms with Crippen molar-refractivity contribution in [3.05, 3.63) is 53.2 Å². The van der Waals surface area contributed by atoms with Gasteiger partial charge in [-0.15, -0.1) is 0 Å². The molecule has 0 aromatic carbocycles. The van der Waals surface area contributed by atoms with E-state index in [4.69, 9.17) is 4.74 Å². The summed E-state index contributed by atoms with van der Waals surface area (Å²) in [5.74, 6) is -0.0769. The van der Waals surface area contributed by atoms with Crippen LogP contribution in [0.1, 0.15) is 33.5 Å². The lowest BCUT2D eigenvalue weighted by molar-refractivity contribution is -0.00329. The van der Waals surface area contributed by atoms with Gasteiger partial charge in [0.25, 0.3) is 5.91 Å². The number of rotatable bonds is 2. The molecule has 3 aromatic heterocycles. The monoisotopic (exact) mass is 325 g/mol. The van der Waals surface area contributed by atoms with Crippen LogP contribution in [0.15, 0.2) is 30.6 Å². The summed E-state index contributed by atoms with van der Waals surface area (Å²) in [5, 5.41) is 7.25. The van der Waals surface area contributed by atoms with Crippen LogP contribution in [-0.4, -0.2) is 50.1 Å². The molecule has 4 heterocycles. The number of nitrogens with zero attached hydrogens (tertiary/aromatic N) is 4. The molecule has 1 amide bonds. The number of pyridine rings is 1. The first kappa shape index (κ1) is 14.9. The number of hydrogen-bond acceptors (Lipinski definition) is 4. The minimum Gasteiger partial charge on any atom is -0.377 e. The Morgan fingerprint density at radius 1 is 1.38 bits per heavy atom. The second-order valence-electron chi connectivity index (χ2n) is 6.03. The smallest absolute Gasteiger partial charge is 0.274 e. The second kappa shape index (κ2) is 5.76. The van der Waals surface area contributed by atoms with E-state index >= 15 is 0 Å². The van der Waals surface area contributed by atoms with E-state index in [2.05, 4.69) is 15.2 Å². The first-order valence-corrected chi connectivity index (χ1v) is 7.99. The molecule has 7 nitrogen and oxygen atoms in total. The molecule has 1 fully saturated rings. The molecule has 0 radical (unpaired) electrons. The molecule has 0 aliphatic carbocycles. The second-order valence-corrected chi connectivity index (χ2v) is 6.03. The molecule has 3 aromatic rings. The largest absolute Gasteiger partial charge is 0.377 e. The summed E-state index contributed by atoms with van der Waals surface area (Å²) >= 11 is 0. The molecule has 4 rings (SSSR count). The lowest BCUT2D eigenvalue weighted by Crippen LogP contribution is -2.43. The number of carbonyl (C=O) groups is 1. The summed E-state index contributed by atoms with van der Waals surface area (Å²) in [6, 6.07) is 5.57. The first-order valence-electron chi connectivity index (χ1n) is 7.99. The fourth-order valence-electron chi connectivity index (χ4n) is 3.32. The highest BCUT2D eigenvalue weighted by Crippen LogP contribution is 2.29. The van der Waals surface area contributed by atoms with Crippen molar-refractivity contribution in [2.75, 3.05) is 19.8 Å². The number of aromatic nitrogens is 4. The van der Waals surface area contributed by atoms with Crippen LogP contribution in [0.3, 0.4) is 0 Å². The Labute approximate surface area is 139 Å². The Hall–Kier alpha value is -2.67. The van der Waals surface area contributed by atoms with Gasteiger partial charge < -0.3 is 14.0 Å². The topological polar surface area (TPSA) is 75.5 Å². The molecular formula is C17H19N5O2. The minimum absolute atomic E-state index is 0.0769. The Bertz CT molecular complexity index is 845. The van der Waals surface area contributed by atoms with Crippen LogP contribution in [-0.2, 0) is 4.74 Å². The molecule has 24 heavy (non-hydrogen) atoms. The minimum atomic E-state index is -0.144. The standard InChI is InChI=1S/C17H19N5O2/c1-11-16(12(2)20-19-11)14-10-24-8-7-22(14)17(23)13-9-21-6-4-3-5-15(21)18-13/h3-6,9,14H,7-8,10H2,1-2H3,(H,19,20). The first-order chi connectivity index (χ1) is 11.6. The number of fused-ring (bicyclic) bond motifs is 1.